The molecule has 1 heterocycles. The van der Waals surface area contributed by atoms with E-state index in [1.54, 1.807) is 30.3 Å². The Hall–Kier alpha value is -3.00. The van der Waals surface area contributed by atoms with E-state index >= 15 is 0 Å². The second-order valence-corrected chi connectivity index (χ2v) is 11.2. The van der Waals surface area contributed by atoms with Crippen molar-refractivity contribution in [2.24, 2.45) is 5.73 Å². The first kappa shape index (κ1) is 37.0. The number of likely N-dealkylation sites (tertiary alicyclic amines) is 1. The van der Waals surface area contributed by atoms with Gasteiger partial charge in [-0.3, -0.25) is 14.5 Å². The standard InChI is InChI=1S/C27H33F3N4O5S.2ClH/c1-3-38-25(35)18-40(36,37)34(13-5-7-19-6-4-8-20(16-19)26(31)32)21-9-10-24(23(17-21)27(28,29)30)39-22-11-14-33(2)15-12-22;;/h4-10,16-17,22H,3,11-15,18H2,1-2H3,(H3,31,32);2*1H/b7-5+;;. The number of hydrogen-bond donors (Lipinski definition) is 2. The number of hydrogen-bond acceptors (Lipinski definition) is 7. The van der Waals surface area contributed by atoms with E-state index in [1.807, 2.05) is 7.05 Å². The summed E-state index contributed by atoms with van der Waals surface area (Å²) in [4.78, 5) is 14.1. The van der Waals surface area contributed by atoms with Crippen LogP contribution in [0.25, 0.3) is 6.08 Å². The van der Waals surface area contributed by atoms with E-state index in [0.717, 1.165) is 16.4 Å². The quantitative estimate of drug-likeness (QED) is 0.204. The SMILES string of the molecule is CCOC(=O)CS(=O)(=O)N(C/C=C/c1cccc(C(=N)N)c1)c1ccc(OC2CCN(C)CC2)c(C(F)(F)F)c1.Cl.Cl. The van der Waals surface area contributed by atoms with Crippen molar-refractivity contribution in [1.29, 1.82) is 5.41 Å². The van der Waals surface area contributed by atoms with Crippen LogP contribution in [0.15, 0.2) is 48.5 Å². The Balaban J connectivity index is 0.00000441. The van der Waals surface area contributed by atoms with Gasteiger partial charge in [0.25, 0.3) is 0 Å². The van der Waals surface area contributed by atoms with Gasteiger partial charge in [0.15, 0.2) is 5.75 Å². The highest BCUT2D eigenvalue weighted by atomic mass is 35.5. The van der Waals surface area contributed by atoms with Crippen molar-refractivity contribution >= 4 is 58.4 Å². The minimum Gasteiger partial charge on any atom is -0.490 e. The molecular weight excluding hydrogens is 620 g/mol. The number of nitrogen functional groups attached to an aromatic ring is 1. The molecule has 1 saturated heterocycles. The number of nitrogens with zero attached hydrogens (tertiary/aromatic N) is 2. The lowest BCUT2D eigenvalue weighted by Gasteiger charge is -2.30. The lowest BCUT2D eigenvalue weighted by Crippen LogP contribution is -2.37. The van der Waals surface area contributed by atoms with E-state index in [9.17, 15) is 26.4 Å². The van der Waals surface area contributed by atoms with Gasteiger partial charge in [-0.15, -0.1) is 24.8 Å². The zero-order chi connectivity index (χ0) is 29.5. The molecule has 0 bridgehead atoms. The van der Waals surface area contributed by atoms with Gasteiger partial charge < -0.3 is 20.1 Å². The zero-order valence-electron chi connectivity index (χ0n) is 23.1. The van der Waals surface area contributed by atoms with Crippen LogP contribution in [0.1, 0.15) is 36.5 Å². The predicted octanol–water partition coefficient (Wildman–Crippen LogP) is 4.72. The Morgan fingerprint density at radius 3 is 2.43 bits per heavy atom. The van der Waals surface area contributed by atoms with E-state index in [-0.39, 0.29) is 55.2 Å². The van der Waals surface area contributed by atoms with Crippen molar-refractivity contribution in [3.63, 3.8) is 0 Å². The molecule has 42 heavy (non-hydrogen) atoms. The normalized spacial score (nSPS) is 14.5. The number of anilines is 1. The van der Waals surface area contributed by atoms with Crippen LogP contribution in [-0.4, -0.2) is 70.3 Å². The minimum atomic E-state index is -4.82. The summed E-state index contributed by atoms with van der Waals surface area (Å²) >= 11 is 0. The number of nitrogens with two attached hydrogens (primary N) is 1. The molecule has 0 radical (unpaired) electrons. The number of esters is 1. The first-order valence-corrected chi connectivity index (χ1v) is 14.2. The molecule has 0 aliphatic carbocycles. The van der Waals surface area contributed by atoms with Gasteiger partial charge in [-0.05, 0) is 56.6 Å². The van der Waals surface area contributed by atoms with E-state index < -0.39 is 39.6 Å². The van der Waals surface area contributed by atoms with Crippen LogP contribution >= 0.6 is 24.8 Å². The van der Waals surface area contributed by atoms with Crippen molar-refractivity contribution < 1.29 is 35.9 Å². The fraction of sp³-hybridized carbons (Fsp3) is 0.407. The average Bonchev–Trinajstić information content (AvgIpc) is 2.87. The Labute approximate surface area is 256 Å². The third kappa shape index (κ3) is 10.4. The molecule has 15 heteroatoms. The molecule has 0 unspecified atom stereocenters. The number of carbonyl (C=O) groups is 1. The number of alkyl halides is 3. The smallest absolute Gasteiger partial charge is 0.420 e. The summed E-state index contributed by atoms with van der Waals surface area (Å²) in [5, 5.41) is 7.57. The van der Waals surface area contributed by atoms with Crippen molar-refractivity contribution in [2.45, 2.75) is 32.0 Å². The molecule has 0 amide bonds. The molecule has 1 fully saturated rings. The largest absolute Gasteiger partial charge is 0.490 e. The highest BCUT2D eigenvalue weighted by molar-refractivity contribution is 7.93. The average molecular weight is 656 g/mol. The molecule has 1 aliphatic rings. The number of benzene rings is 2. The van der Waals surface area contributed by atoms with Gasteiger partial charge in [-0.1, -0.05) is 30.4 Å². The number of nitrogens with one attached hydrogen (secondary N) is 1. The highest BCUT2D eigenvalue weighted by Crippen LogP contribution is 2.40. The van der Waals surface area contributed by atoms with Gasteiger partial charge in [-0.2, -0.15) is 13.2 Å². The topological polar surface area (TPSA) is 126 Å². The molecule has 0 aromatic heterocycles. The van der Waals surface area contributed by atoms with Gasteiger partial charge in [0, 0.05) is 18.7 Å². The number of carbonyl (C=O) groups excluding carboxylic acids is 1. The Morgan fingerprint density at radius 1 is 1.17 bits per heavy atom. The van der Waals surface area contributed by atoms with Crippen LogP contribution < -0.4 is 14.8 Å². The van der Waals surface area contributed by atoms with Gasteiger partial charge in [0.2, 0.25) is 10.0 Å². The summed E-state index contributed by atoms with van der Waals surface area (Å²) in [5.74, 6) is -2.62. The highest BCUT2D eigenvalue weighted by Gasteiger charge is 2.37. The molecule has 0 saturated carbocycles. The van der Waals surface area contributed by atoms with Crippen LogP contribution in [0, 0.1) is 5.41 Å². The van der Waals surface area contributed by atoms with Crippen LogP contribution in [0.3, 0.4) is 0 Å². The maximum absolute atomic E-state index is 14.1. The van der Waals surface area contributed by atoms with E-state index in [2.05, 4.69) is 4.90 Å². The van der Waals surface area contributed by atoms with Gasteiger partial charge in [0.1, 0.15) is 17.7 Å². The Kier molecular flexibility index (Phi) is 14.1. The fourth-order valence-electron chi connectivity index (χ4n) is 4.18. The molecule has 9 nitrogen and oxygen atoms in total. The third-order valence-electron chi connectivity index (χ3n) is 6.24. The summed E-state index contributed by atoms with van der Waals surface area (Å²) in [6.45, 7) is 2.45. The number of piperidine rings is 1. The van der Waals surface area contributed by atoms with Gasteiger partial charge in [-0.25, -0.2) is 8.42 Å². The maximum Gasteiger partial charge on any atom is 0.420 e. The van der Waals surface area contributed by atoms with Crippen molar-refractivity contribution in [1.82, 2.24) is 4.90 Å². The van der Waals surface area contributed by atoms with Crippen LogP contribution in [0.4, 0.5) is 18.9 Å². The summed E-state index contributed by atoms with van der Waals surface area (Å²) < 4.78 is 80.0. The molecule has 3 N–H and O–H groups in total. The zero-order valence-corrected chi connectivity index (χ0v) is 25.5. The predicted molar refractivity (Wildman–Crippen MR) is 161 cm³/mol. The Morgan fingerprint density at radius 2 is 1.83 bits per heavy atom. The van der Waals surface area contributed by atoms with Crippen molar-refractivity contribution in [3.05, 3.63) is 65.2 Å². The van der Waals surface area contributed by atoms with E-state index in [4.69, 9.17) is 20.6 Å². The van der Waals surface area contributed by atoms with Crippen molar-refractivity contribution in [3.8, 4) is 5.75 Å². The third-order valence-corrected chi connectivity index (χ3v) is 7.87. The molecule has 0 spiro atoms. The number of amidine groups is 1. The number of halogens is 5. The van der Waals surface area contributed by atoms with Crippen LogP contribution in [0.2, 0.25) is 0 Å². The monoisotopic (exact) mass is 654 g/mol. The molecule has 3 rings (SSSR count). The summed E-state index contributed by atoms with van der Waals surface area (Å²) in [6, 6.07) is 9.64. The summed E-state index contributed by atoms with van der Waals surface area (Å²) in [6.07, 6.45) is -1.13. The second kappa shape index (κ2) is 16.0. The summed E-state index contributed by atoms with van der Waals surface area (Å²) in [5.41, 5.74) is 5.16. The maximum atomic E-state index is 14.1. The first-order valence-electron chi connectivity index (χ1n) is 12.6. The molecule has 2 aromatic carbocycles. The van der Waals surface area contributed by atoms with Crippen LogP contribution in [0.5, 0.6) is 5.75 Å². The van der Waals surface area contributed by atoms with Crippen molar-refractivity contribution in [2.75, 3.05) is 43.3 Å². The second-order valence-electron chi connectivity index (χ2n) is 9.33. The lowest BCUT2D eigenvalue weighted by atomic mass is 10.1. The van der Waals surface area contributed by atoms with E-state index in [0.29, 0.717) is 37.1 Å². The number of sulfonamides is 1. The number of ether oxygens (including phenoxy) is 2. The van der Waals surface area contributed by atoms with E-state index in [1.165, 1.54) is 19.1 Å². The molecular formula is C27H35Cl2F3N4O5S. The molecule has 1 aliphatic heterocycles. The summed E-state index contributed by atoms with van der Waals surface area (Å²) in [7, 11) is -2.52. The first-order chi connectivity index (χ1) is 18.8. The van der Waals surface area contributed by atoms with Gasteiger partial charge >= 0.3 is 12.1 Å². The lowest BCUT2D eigenvalue weighted by molar-refractivity contribution is -0.140. The van der Waals surface area contributed by atoms with Gasteiger partial charge in [0.05, 0.1) is 24.4 Å². The Bertz CT molecular complexity index is 1350. The fourth-order valence-corrected chi connectivity index (χ4v) is 5.47. The van der Waals surface area contributed by atoms with Crippen LogP contribution in [-0.2, 0) is 25.7 Å². The molecule has 2 aromatic rings. The molecule has 234 valence electrons. The number of rotatable bonds is 11. The minimum absolute atomic E-state index is 0. The molecule has 0 atom stereocenters.